The largest absolute Gasteiger partial charge is 0.479 e. The van der Waals surface area contributed by atoms with Crippen molar-refractivity contribution in [2.24, 2.45) is 5.92 Å². The molecule has 1 aromatic heterocycles. The molecule has 2 aliphatic heterocycles. The van der Waals surface area contributed by atoms with Crippen LogP contribution in [0.5, 0.6) is 0 Å². The third kappa shape index (κ3) is 7.93. The van der Waals surface area contributed by atoms with Gasteiger partial charge in [0, 0.05) is 24.4 Å². The van der Waals surface area contributed by atoms with E-state index >= 15 is 0 Å². The van der Waals surface area contributed by atoms with Gasteiger partial charge >= 0.3 is 12.1 Å². The van der Waals surface area contributed by atoms with Gasteiger partial charge in [0.1, 0.15) is 23.2 Å². The number of aromatic nitrogens is 4. The lowest BCUT2D eigenvalue weighted by Crippen LogP contribution is -2.56. The smallest absolute Gasteiger partial charge is 0.408 e. The summed E-state index contributed by atoms with van der Waals surface area (Å²) in [7, 11) is 0. The van der Waals surface area contributed by atoms with Crippen molar-refractivity contribution in [3.63, 3.8) is 0 Å². The standard InChI is InChI=1S/C37H42N8O6/c1-36(2,3)51-35(50)39-29-13-8-6-4-5-7-12-27-20-37(27,34(48)49)40-32(46)30-19-28(22-44(30)33(29)47)45-42-31(41-43-45)26-11-9-10-25(18-26)24-16-14-23(21-38)15-17-24/h7,9-12,14-18,27-30H,4-6,8,13,19-20,22H2,1-3H3,(H,39,50)(H,40,46)(H,48,49)/b12-7-/t27-,28+,29-,30-,37+/m0/s1. The van der Waals surface area contributed by atoms with E-state index in [1.165, 1.54) is 9.70 Å². The number of carbonyl (C=O) groups is 4. The quantitative estimate of drug-likeness (QED) is 0.323. The van der Waals surface area contributed by atoms with Crippen molar-refractivity contribution in [2.45, 2.75) is 95.0 Å². The Labute approximate surface area is 295 Å². The number of nitrogens with one attached hydrogen (secondary N) is 2. The number of ether oxygens (including phenoxy) is 1. The number of hydrogen-bond donors (Lipinski definition) is 3. The van der Waals surface area contributed by atoms with Crippen LogP contribution in [0.2, 0.25) is 0 Å². The third-order valence-corrected chi connectivity index (χ3v) is 9.55. The van der Waals surface area contributed by atoms with Crippen LogP contribution in [0, 0.1) is 17.2 Å². The molecule has 14 heteroatoms. The van der Waals surface area contributed by atoms with Gasteiger partial charge in [-0.15, -0.1) is 10.2 Å². The number of benzene rings is 2. The van der Waals surface area contributed by atoms with Crippen molar-refractivity contribution < 1.29 is 29.0 Å². The van der Waals surface area contributed by atoms with Gasteiger partial charge in [-0.05, 0) is 81.0 Å². The third-order valence-electron chi connectivity index (χ3n) is 9.55. The predicted molar refractivity (Wildman–Crippen MR) is 185 cm³/mol. The molecule has 3 aliphatic rings. The Morgan fingerprint density at radius 1 is 1.08 bits per heavy atom. The molecule has 3 aromatic rings. The molecule has 0 unspecified atom stereocenters. The molecule has 266 valence electrons. The van der Waals surface area contributed by atoms with Crippen LogP contribution in [0.3, 0.4) is 0 Å². The normalized spacial score (nSPS) is 26.0. The molecule has 3 N–H and O–H groups in total. The van der Waals surface area contributed by atoms with Gasteiger partial charge in [0.25, 0.3) is 0 Å². The molecule has 2 fully saturated rings. The summed E-state index contributed by atoms with van der Waals surface area (Å²) >= 11 is 0. The highest BCUT2D eigenvalue weighted by Crippen LogP contribution is 2.45. The molecule has 51 heavy (non-hydrogen) atoms. The number of fused-ring (bicyclic) bond motifs is 2. The number of allylic oxidation sites excluding steroid dienone is 1. The summed E-state index contributed by atoms with van der Waals surface area (Å²) in [6.45, 7) is 5.23. The highest BCUT2D eigenvalue weighted by molar-refractivity contribution is 5.96. The van der Waals surface area contributed by atoms with Gasteiger partial charge in [-0.3, -0.25) is 9.59 Å². The van der Waals surface area contributed by atoms with Gasteiger partial charge in [-0.2, -0.15) is 10.1 Å². The Morgan fingerprint density at radius 3 is 2.57 bits per heavy atom. The lowest BCUT2D eigenvalue weighted by Gasteiger charge is -2.30. The molecule has 1 aliphatic carbocycles. The summed E-state index contributed by atoms with van der Waals surface area (Å²) < 4.78 is 5.47. The topological polar surface area (TPSA) is 192 Å². The van der Waals surface area contributed by atoms with E-state index in [2.05, 4.69) is 32.1 Å². The average Bonchev–Trinajstić information content (AvgIpc) is 3.40. The average molecular weight is 695 g/mol. The van der Waals surface area contributed by atoms with E-state index < -0.39 is 53.1 Å². The summed E-state index contributed by atoms with van der Waals surface area (Å²) in [6, 6.07) is 14.3. The Balaban J connectivity index is 1.28. The summed E-state index contributed by atoms with van der Waals surface area (Å²) in [5.41, 5.74) is 0.824. The van der Waals surface area contributed by atoms with Gasteiger partial charge < -0.3 is 25.4 Å². The fraction of sp³-hybridized carbons (Fsp3) is 0.459. The molecule has 2 aromatic carbocycles. The molecule has 6 rings (SSSR count). The van der Waals surface area contributed by atoms with E-state index in [0.29, 0.717) is 29.8 Å². The second-order valence-electron chi connectivity index (χ2n) is 14.4. The number of nitriles is 1. The van der Waals surface area contributed by atoms with Crippen LogP contribution in [0.1, 0.15) is 77.3 Å². The highest BCUT2D eigenvalue weighted by Gasteiger charge is 2.61. The van der Waals surface area contributed by atoms with Crippen molar-refractivity contribution in [3.8, 4) is 28.6 Å². The number of nitrogens with zero attached hydrogens (tertiary/aromatic N) is 6. The molecule has 3 heterocycles. The van der Waals surface area contributed by atoms with E-state index in [-0.39, 0.29) is 25.3 Å². The fourth-order valence-electron chi connectivity index (χ4n) is 6.77. The van der Waals surface area contributed by atoms with Crippen molar-refractivity contribution in [1.29, 1.82) is 5.26 Å². The zero-order valence-corrected chi connectivity index (χ0v) is 28.9. The lowest BCUT2D eigenvalue weighted by molar-refractivity contribution is -0.145. The number of rotatable bonds is 5. The first-order valence-electron chi connectivity index (χ1n) is 17.3. The van der Waals surface area contributed by atoms with Crippen molar-refractivity contribution >= 4 is 23.9 Å². The molecule has 14 nitrogen and oxygen atoms in total. The molecule has 0 bridgehead atoms. The molecular formula is C37H42N8O6. The van der Waals surface area contributed by atoms with E-state index in [1.54, 1.807) is 32.9 Å². The van der Waals surface area contributed by atoms with Gasteiger partial charge in [0.15, 0.2) is 0 Å². The zero-order chi connectivity index (χ0) is 36.3. The van der Waals surface area contributed by atoms with Crippen LogP contribution >= 0.6 is 0 Å². The molecule has 0 radical (unpaired) electrons. The van der Waals surface area contributed by atoms with Crippen LogP contribution in [0.15, 0.2) is 60.7 Å². The maximum Gasteiger partial charge on any atom is 0.408 e. The van der Waals surface area contributed by atoms with E-state index in [9.17, 15) is 24.3 Å². The molecule has 1 saturated heterocycles. The minimum Gasteiger partial charge on any atom is -0.479 e. The zero-order valence-electron chi connectivity index (χ0n) is 28.9. The maximum absolute atomic E-state index is 14.3. The van der Waals surface area contributed by atoms with Crippen LogP contribution in [0.4, 0.5) is 4.79 Å². The fourth-order valence-corrected chi connectivity index (χ4v) is 6.77. The first-order valence-corrected chi connectivity index (χ1v) is 17.3. The number of carbonyl (C=O) groups excluding carboxylic acids is 3. The first kappa shape index (κ1) is 35.3. The van der Waals surface area contributed by atoms with Crippen LogP contribution in [-0.2, 0) is 19.1 Å². The maximum atomic E-state index is 14.3. The Kier molecular flexibility index (Phi) is 9.91. The van der Waals surface area contributed by atoms with Crippen molar-refractivity contribution in [3.05, 3.63) is 66.2 Å². The number of amides is 3. The Bertz CT molecular complexity index is 1880. The number of hydrogen-bond acceptors (Lipinski definition) is 9. The summed E-state index contributed by atoms with van der Waals surface area (Å²) in [5.74, 6) is -2.20. The first-order chi connectivity index (χ1) is 24.4. The highest BCUT2D eigenvalue weighted by atomic mass is 16.6. The number of tetrazole rings is 1. The molecule has 3 amide bonds. The van der Waals surface area contributed by atoms with Crippen LogP contribution in [-0.4, -0.2) is 83.9 Å². The predicted octanol–water partition coefficient (Wildman–Crippen LogP) is 4.39. The van der Waals surface area contributed by atoms with E-state index in [0.717, 1.165) is 30.4 Å². The Morgan fingerprint density at radius 2 is 1.84 bits per heavy atom. The second kappa shape index (κ2) is 14.3. The summed E-state index contributed by atoms with van der Waals surface area (Å²) in [4.78, 5) is 56.4. The summed E-state index contributed by atoms with van der Waals surface area (Å²) in [6.07, 6.45) is 6.77. The van der Waals surface area contributed by atoms with E-state index in [1.807, 2.05) is 48.6 Å². The minimum atomic E-state index is -1.45. The second-order valence-corrected chi connectivity index (χ2v) is 14.4. The van der Waals surface area contributed by atoms with Gasteiger partial charge in [0.05, 0.1) is 17.7 Å². The lowest BCUT2D eigenvalue weighted by atomic mass is 10.0. The minimum absolute atomic E-state index is 0.0356. The molecule has 1 saturated carbocycles. The summed E-state index contributed by atoms with van der Waals surface area (Å²) in [5, 5.41) is 38.0. The number of alkyl carbamates (subject to hydrolysis) is 1. The molecular weight excluding hydrogens is 652 g/mol. The van der Waals surface area contributed by atoms with Crippen molar-refractivity contribution in [2.75, 3.05) is 6.54 Å². The Hall–Kier alpha value is -5.58. The SMILES string of the molecule is CC(C)(C)OC(=O)N[C@H]1CCCCC/C=C\[C@H]2C[C@@]2(C(=O)O)NC(=O)[C@@H]2C[C@@H](n3nnc(-c4cccc(-c5ccc(C#N)cc5)c4)n3)CN2C1=O. The van der Waals surface area contributed by atoms with Crippen LogP contribution in [0.25, 0.3) is 22.5 Å². The molecule has 5 atom stereocenters. The van der Waals surface area contributed by atoms with Crippen LogP contribution < -0.4 is 10.6 Å². The van der Waals surface area contributed by atoms with Gasteiger partial charge in [0.2, 0.25) is 17.6 Å². The van der Waals surface area contributed by atoms with Crippen molar-refractivity contribution in [1.82, 2.24) is 35.7 Å². The number of carboxylic acid groups (broad SMARTS) is 1. The van der Waals surface area contributed by atoms with E-state index in [4.69, 9.17) is 10.00 Å². The molecule has 0 spiro atoms. The number of carboxylic acids is 1. The number of aliphatic carboxylic acids is 1. The monoisotopic (exact) mass is 694 g/mol. The van der Waals surface area contributed by atoms with Gasteiger partial charge in [-0.25, -0.2) is 9.59 Å². The van der Waals surface area contributed by atoms with Gasteiger partial charge in [-0.1, -0.05) is 55.3 Å².